The third kappa shape index (κ3) is 3.30. The van der Waals surface area contributed by atoms with E-state index in [1.807, 2.05) is 0 Å². The Morgan fingerprint density at radius 2 is 1.43 bits per heavy atom. The Labute approximate surface area is 56.5 Å². The van der Waals surface area contributed by atoms with Crippen LogP contribution in [0.15, 0.2) is 0 Å². The molecule has 0 aromatic rings. The molecule has 0 aromatic heterocycles. The van der Waals surface area contributed by atoms with Crippen molar-refractivity contribution in [2.75, 3.05) is 11.5 Å². The Balaban J connectivity index is 0.000000360. The minimum Gasteiger partial charge on any atom is -0.197 e. The molecule has 0 nitrogen and oxygen atoms in total. The largest absolute Gasteiger partial charge is 0.197 e. The molecule has 0 aliphatic carbocycles. The maximum Gasteiger partial charge on any atom is -0.00675 e. The van der Waals surface area contributed by atoms with Crippen molar-refractivity contribution in [2.45, 2.75) is 19.3 Å². The van der Waals surface area contributed by atoms with Crippen LogP contribution >= 0.6 is 25.3 Å². The first-order chi connectivity index (χ1) is 3.00. The van der Waals surface area contributed by atoms with Gasteiger partial charge in [0.25, 0.3) is 0 Å². The van der Waals surface area contributed by atoms with E-state index in [1.165, 1.54) is 30.8 Å². The zero-order valence-electron chi connectivity index (χ0n) is 4.44. The summed E-state index contributed by atoms with van der Waals surface area (Å²) in [5.74, 6) is 2.83. The summed E-state index contributed by atoms with van der Waals surface area (Å²) in [6.45, 7) is 0. The fourth-order valence-electron chi connectivity index (χ4n) is 0.687. The van der Waals surface area contributed by atoms with Crippen LogP contribution in [-0.4, -0.2) is 11.5 Å². The van der Waals surface area contributed by atoms with E-state index in [2.05, 4.69) is 11.8 Å². The third-order valence-electron chi connectivity index (χ3n) is 1.08. The van der Waals surface area contributed by atoms with Gasteiger partial charge in [0.15, 0.2) is 0 Å². The van der Waals surface area contributed by atoms with E-state index in [9.17, 15) is 0 Å². The Morgan fingerprint density at radius 1 is 0.857 bits per heavy atom. The molecule has 1 aliphatic heterocycles. The van der Waals surface area contributed by atoms with E-state index in [0.717, 1.165) is 0 Å². The van der Waals surface area contributed by atoms with Gasteiger partial charge in [-0.1, -0.05) is 6.42 Å². The highest BCUT2D eigenvalue weighted by Gasteiger charge is 1.95. The van der Waals surface area contributed by atoms with Gasteiger partial charge in [0, 0.05) is 0 Å². The van der Waals surface area contributed by atoms with Gasteiger partial charge in [0.1, 0.15) is 0 Å². The smallest absolute Gasteiger partial charge is 0.00675 e. The van der Waals surface area contributed by atoms with Gasteiger partial charge >= 0.3 is 0 Å². The van der Waals surface area contributed by atoms with Crippen molar-refractivity contribution in [2.24, 2.45) is 0 Å². The number of thioether (sulfide) groups is 1. The fraction of sp³-hybridized carbons (Fsp3) is 1.00. The molecule has 0 saturated carbocycles. The van der Waals surface area contributed by atoms with Crippen molar-refractivity contribution in [1.29, 1.82) is 0 Å². The van der Waals surface area contributed by atoms with Gasteiger partial charge in [0.2, 0.25) is 0 Å². The van der Waals surface area contributed by atoms with E-state index in [-0.39, 0.29) is 13.5 Å². The molecular formula is C5H12S2. The number of rotatable bonds is 0. The van der Waals surface area contributed by atoms with Crippen molar-refractivity contribution in [3.63, 3.8) is 0 Å². The van der Waals surface area contributed by atoms with Crippen LogP contribution in [0.3, 0.4) is 0 Å². The van der Waals surface area contributed by atoms with Crippen LogP contribution in [0, 0.1) is 0 Å². The lowest BCUT2D eigenvalue weighted by atomic mass is 10.3. The molecular weight excluding hydrogens is 124 g/mol. The molecule has 0 atom stereocenters. The van der Waals surface area contributed by atoms with E-state index in [0.29, 0.717) is 0 Å². The molecule has 44 valence electrons. The normalized spacial score (nSPS) is 20.6. The molecule has 7 heavy (non-hydrogen) atoms. The van der Waals surface area contributed by atoms with Gasteiger partial charge < -0.3 is 0 Å². The Bertz CT molecular complexity index is 21.6. The third-order valence-corrected chi connectivity index (χ3v) is 2.23. The second-order valence-electron chi connectivity index (χ2n) is 1.67. The van der Waals surface area contributed by atoms with Crippen molar-refractivity contribution in [3.8, 4) is 0 Å². The summed E-state index contributed by atoms with van der Waals surface area (Å²) < 4.78 is 0. The first-order valence-corrected chi connectivity index (χ1v) is 3.73. The van der Waals surface area contributed by atoms with Crippen LogP contribution in [0.25, 0.3) is 0 Å². The van der Waals surface area contributed by atoms with Crippen molar-refractivity contribution in [3.05, 3.63) is 0 Å². The molecule has 0 unspecified atom stereocenters. The molecule has 1 saturated heterocycles. The molecule has 0 bridgehead atoms. The lowest BCUT2D eigenvalue weighted by Crippen LogP contribution is -1.91. The molecule has 1 fully saturated rings. The van der Waals surface area contributed by atoms with E-state index < -0.39 is 0 Å². The summed E-state index contributed by atoms with van der Waals surface area (Å²) in [7, 11) is 0. The average molecular weight is 136 g/mol. The van der Waals surface area contributed by atoms with Gasteiger partial charge in [-0.15, -0.1) is 0 Å². The summed E-state index contributed by atoms with van der Waals surface area (Å²) in [6.07, 6.45) is 4.41. The van der Waals surface area contributed by atoms with Crippen LogP contribution in [0.5, 0.6) is 0 Å². The zero-order chi connectivity index (χ0) is 4.24. The van der Waals surface area contributed by atoms with Crippen LogP contribution in [0.4, 0.5) is 0 Å². The van der Waals surface area contributed by atoms with Gasteiger partial charge in [-0.3, -0.25) is 0 Å². The SMILES string of the molecule is C1CCSCC1.S. The van der Waals surface area contributed by atoms with Crippen molar-refractivity contribution >= 4 is 25.3 Å². The maximum atomic E-state index is 2.09. The van der Waals surface area contributed by atoms with E-state index >= 15 is 0 Å². The predicted octanol–water partition coefficient (Wildman–Crippen LogP) is 2.02. The minimum atomic E-state index is 0. The quantitative estimate of drug-likeness (QED) is 0.491. The lowest BCUT2D eigenvalue weighted by Gasteiger charge is -2.05. The van der Waals surface area contributed by atoms with Crippen molar-refractivity contribution in [1.82, 2.24) is 0 Å². The summed E-state index contributed by atoms with van der Waals surface area (Å²) in [5.41, 5.74) is 0. The van der Waals surface area contributed by atoms with Crippen molar-refractivity contribution < 1.29 is 0 Å². The average Bonchev–Trinajstić information content (AvgIpc) is 1.72. The Morgan fingerprint density at radius 3 is 1.57 bits per heavy atom. The second kappa shape index (κ2) is 4.85. The molecule has 0 aromatic carbocycles. The highest BCUT2D eigenvalue weighted by molar-refractivity contribution is 7.99. The maximum absolute atomic E-state index is 2.09. The van der Waals surface area contributed by atoms with Crippen LogP contribution in [0.1, 0.15) is 19.3 Å². The lowest BCUT2D eigenvalue weighted by molar-refractivity contribution is 0.764. The summed E-state index contributed by atoms with van der Waals surface area (Å²) in [5, 5.41) is 0. The molecule has 1 rings (SSSR count). The first-order valence-electron chi connectivity index (χ1n) is 2.58. The number of hydrogen-bond acceptors (Lipinski definition) is 1. The van der Waals surface area contributed by atoms with E-state index in [1.54, 1.807) is 0 Å². The Hall–Kier alpha value is 0.700. The van der Waals surface area contributed by atoms with E-state index in [4.69, 9.17) is 0 Å². The fourth-order valence-corrected chi connectivity index (χ4v) is 1.71. The van der Waals surface area contributed by atoms with Crippen LogP contribution in [-0.2, 0) is 0 Å². The van der Waals surface area contributed by atoms with Gasteiger partial charge in [0.05, 0.1) is 0 Å². The molecule has 2 heteroatoms. The number of hydrogen-bond donors (Lipinski definition) is 0. The summed E-state index contributed by atoms with van der Waals surface area (Å²) >= 11 is 2.09. The predicted molar refractivity (Wildman–Crippen MR) is 41.6 cm³/mol. The standard InChI is InChI=1S/C5H10S.H2S/c1-2-4-6-5-3-1;/h1-5H2;1H2. The topological polar surface area (TPSA) is 0 Å². The molecule has 0 N–H and O–H groups in total. The van der Waals surface area contributed by atoms with Crippen LogP contribution < -0.4 is 0 Å². The molecule has 0 spiro atoms. The molecule has 0 radical (unpaired) electrons. The monoisotopic (exact) mass is 136 g/mol. The first kappa shape index (κ1) is 7.70. The minimum absolute atomic E-state index is 0. The highest BCUT2D eigenvalue weighted by atomic mass is 32.2. The summed E-state index contributed by atoms with van der Waals surface area (Å²) in [6, 6.07) is 0. The Kier molecular flexibility index (Phi) is 5.33. The highest BCUT2D eigenvalue weighted by Crippen LogP contribution is 2.14. The van der Waals surface area contributed by atoms with Crippen LogP contribution in [0.2, 0.25) is 0 Å². The van der Waals surface area contributed by atoms with Gasteiger partial charge in [-0.2, -0.15) is 25.3 Å². The zero-order valence-corrected chi connectivity index (χ0v) is 6.26. The molecule has 0 amide bonds. The summed E-state index contributed by atoms with van der Waals surface area (Å²) in [4.78, 5) is 0. The van der Waals surface area contributed by atoms with Gasteiger partial charge in [-0.25, -0.2) is 0 Å². The molecule has 1 aliphatic rings. The second-order valence-corrected chi connectivity index (χ2v) is 2.90. The molecule has 1 heterocycles. The van der Waals surface area contributed by atoms with Gasteiger partial charge in [-0.05, 0) is 24.3 Å².